The van der Waals surface area contributed by atoms with E-state index in [1.165, 1.54) is 18.2 Å². The van der Waals surface area contributed by atoms with Crippen molar-refractivity contribution >= 4 is 11.6 Å². The molecule has 1 fully saturated rings. The van der Waals surface area contributed by atoms with Gasteiger partial charge in [-0.05, 0) is 36.2 Å². The molecule has 1 aliphatic heterocycles. The highest BCUT2D eigenvalue weighted by atomic mass is 35.5. The summed E-state index contributed by atoms with van der Waals surface area (Å²) in [7, 11) is 0. The molecular weight excluding hydrogens is 280 g/mol. The molecule has 1 heterocycles. The molecule has 0 spiro atoms. The third-order valence-corrected chi connectivity index (χ3v) is 4.29. The topological polar surface area (TPSA) is 12.0 Å². The fourth-order valence-corrected chi connectivity index (χ4v) is 2.95. The van der Waals surface area contributed by atoms with Crippen LogP contribution in [0.1, 0.15) is 11.1 Å². The van der Waals surface area contributed by atoms with Gasteiger partial charge in [0.2, 0.25) is 0 Å². The molecule has 104 valence electrons. The maximum atomic E-state index is 14.0. The minimum atomic E-state index is -0.305. The van der Waals surface area contributed by atoms with Crippen molar-refractivity contribution in [2.45, 2.75) is 11.8 Å². The monoisotopic (exact) mass is 293 g/mol. The summed E-state index contributed by atoms with van der Waals surface area (Å²) in [5.74, 6) is -0.575. The molecule has 3 rings (SSSR count). The van der Waals surface area contributed by atoms with E-state index in [4.69, 9.17) is 11.6 Å². The van der Waals surface area contributed by atoms with Gasteiger partial charge in [-0.2, -0.15) is 0 Å². The van der Waals surface area contributed by atoms with Crippen molar-refractivity contribution in [2.75, 3.05) is 13.1 Å². The second-order valence-electron chi connectivity index (χ2n) is 5.27. The van der Waals surface area contributed by atoms with Gasteiger partial charge in [0, 0.05) is 29.1 Å². The van der Waals surface area contributed by atoms with E-state index in [9.17, 15) is 8.78 Å². The van der Waals surface area contributed by atoms with Crippen LogP contribution in [0.25, 0.3) is 0 Å². The van der Waals surface area contributed by atoms with Gasteiger partial charge in [-0.25, -0.2) is 8.78 Å². The zero-order valence-corrected chi connectivity index (χ0v) is 11.6. The smallest absolute Gasteiger partial charge is 0.127 e. The lowest BCUT2D eigenvalue weighted by Gasteiger charge is -2.43. The first kappa shape index (κ1) is 13.5. The van der Waals surface area contributed by atoms with Gasteiger partial charge >= 0.3 is 0 Å². The fourth-order valence-electron chi connectivity index (χ4n) is 2.72. The zero-order valence-electron chi connectivity index (χ0n) is 10.8. The van der Waals surface area contributed by atoms with Gasteiger partial charge in [-0.15, -0.1) is 0 Å². The minimum absolute atomic E-state index is 0.270. The number of halogens is 3. The first-order chi connectivity index (χ1) is 9.61. The van der Waals surface area contributed by atoms with Gasteiger partial charge in [0.25, 0.3) is 0 Å². The van der Waals surface area contributed by atoms with Gasteiger partial charge < -0.3 is 5.32 Å². The molecule has 0 amide bonds. The Labute approximate surface area is 121 Å². The van der Waals surface area contributed by atoms with Crippen molar-refractivity contribution in [1.82, 2.24) is 5.32 Å². The molecule has 0 atom stereocenters. The van der Waals surface area contributed by atoms with E-state index in [-0.39, 0.29) is 17.0 Å². The van der Waals surface area contributed by atoms with Gasteiger partial charge in [0.1, 0.15) is 11.6 Å². The molecule has 2 aromatic rings. The second kappa shape index (κ2) is 5.15. The van der Waals surface area contributed by atoms with E-state index in [2.05, 4.69) is 5.32 Å². The fraction of sp³-hybridized carbons (Fsp3) is 0.250. The second-order valence-corrected chi connectivity index (χ2v) is 5.68. The van der Waals surface area contributed by atoms with E-state index in [1.54, 1.807) is 18.2 Å². The summed E-state index contributed by atoms with van der Waals surface area (Å²) < 4.78 is 27.4. The van der Waals surface area contributed by atoms with E-state index in [0.29, 0.717) is 30.1 Å². The molecule has 20 heavy (non-hydrogen) atoms. The highest BCUT2D eigenvalue weighted by Crippen LogP contribution is 2.35. The van der Waals surface area contributed by atoms with E-state index in [0.717, 1.165) is 5.56 Å². The van der Waals surface area contributed by atoms with Crippen molar-refractivity contribution < 1.29 is 8.78 Å². The van der Waals surface area contributed by atoms with Crippen LogP contribution in [0.3, 0.4) is 0 Å². The molecule has 1 saturated heterocycles. The minimum Gasteiger partial charge on any atom is -0.315 e. The summed E-state index contributed by atoms with van der Waals surface area (Å²) in [6.45, 7) is 1.39. The normalized spacial score (nSPS) is 16.8. The third kappa shape index (κ3) is 2.32. The van der Waals surface area contributed by atoms with Crippen molar-refractivity contribution in [3.05, 3.63) is 70.2 Å². The van der Waals surface area contributed by atoms with Crippen molar-refractivity contribution in [3.63, 3.8) is 0 Å². The molecule has 0 bridgehead atoms. The van der Waals surface area contributed by atoms with E-state index in [1.807, 2.05) is 6.07 Å². The molecule has 0 saturated carbocycles. The highest BCUT2D eigenvalue weighted by Gasteiger charge is 2.40. The van der Waals surface area contributed by atoms with Crippen LogP contribution in [0.5, 0.6) is 0 Å². The largest absolute Gasteiger partial charge is 0.315 e. The summed E-state index contributed by atoms with van der Waals surface area (Å²) in [6, 6.07) is 11.2. The number of nitrogens with one attached hydrogen (secondary N) is 1. The Hall–Kier alpha value is -1.45. The van der Waals surface area contributed by atoms with Crippen LogP contribution < -0.4 is 5.32 Å². The Morgan fingerprint density at radius 3 is 2.45 bits per heavy atom. The lowest BCUT2D eigenvalue weighted by molar-refractivity contribution is 0.271. The Balaban J connectivity index is 1.98. The molecule has 1 aliphatic rings. The van der Waals surface area contributed by atoms with Gasteiger partial charge in [-0.1, -0.05) is 29.8 Å². The number of rotatable bonds is 3. The zero-order chi connectivity index (χ0) is 14.2. The van der Waals surface area contributed by atoms with Gasteiger partial charge in [-0.3, -0.25) is 0 Å². The molecule has 1 N–H and O–H groups in total. The first-order valence-corrected chi connectivity index (χ1v) is 6.88. The standard InChI is InChI=1S/C16H14ClF2N/c17-14-5-2-6-15(19)13(14)8-16(9-20-10-16)11-3-1-4-12(18)7-11/h1-7,20H,8-10H2. The predicted molar refractivity (Wildman–Crippen MR) is 76.1 cm³/mol. The average Bonchev–Trinajstić information content (AvgIpc) is 2.36. The van der Waals surface area contributed by atoms with Crippen LogP contribution in [0.2, 0.25) is 5.02 Å². The summed E-state index contributed by atoms with van der Waals surface area (Å²) >= 11 is 6.10. The lowest BCUT2D eigenvalue weighted by atomic mass is 9.71. The third-order valence-electron chi connectivity index (χ3n) is 3.94. The Bertz CT molecular complexity index is 618. The molecule has 0 aromatic heterocycles. The molecule has 0 aliphatic carbocycles. The highest BCUT2D eigenvalue weighted by molar-refractivity contribution is 6.31. The van der Waals surface area contributed by atoms with Crippen molar-refractivity contribution in [1.29, 1.82) is 0 Å². The summed E-state index contributed by atoms with van der Waals surface area (Å²) in [5, 5.41) is 3.61. The van der Waals surface area contributed by atoms with Gasteiger partial charge in [0.05, 0.1) is 0 Å². The molecular formula is C16H14ClF2N. The SMILES string of the molecule is Fc1cccc(C2(Cc3c(F)cccc3Cl)CNC2)c1. The molecule has 1 nitrogen and oxygen atoms in total. The molecule has 4 heteroatoms. The van der Waals surface area contributed by atoms with Crippen LogP contribution in [0.4, 0.5) is 8.78 Å². The van der Waals surface area contributed by atoms with E-state index >= 15 is 0 Å². The first-order valence-electron chi connectivity index (χ1n) is 6.50. The lowest BCUT2D eigenvalue weighted by Crippen LogP contribution is -2.58. The van der Waals surface area contributed by atoms with E-state index < -0.39 is 0 Å². The summed E-state index contributed by atoms with van der Waals surface area (Å²) in [4.78, 5) is 0. The van der Waals surface area contributed by atoms with Crippen LogP contribution >= 0.6 is 11.6 Å². The van der Waals surface area contributed by atoms with Crippen LogP contribution in [-0.2, 0) is 11.8 Å². The van der Waals surface area contributed by atoms with Crippen LogP contribution in [0.15, 0.2) is 42.5 Å². The maximum absolute atomic E-state index is 14.0. The number of benzene rings is 2. The molecule has 2 aromatic carbocycles. The Morgan fingerprint density at radius 2 is 1.85 bits per heavy atom. The number of hydrogen-bond donors (Lipinski definition) is 1. The number of hydrogen-bond acceptors (Lipinski definition) is 1. The Kier molecular flexibility index (Phi) is 3.48. The average molecular weight is 294 g/mol. The van der Waals surface area contributed by atoms with Gasteiger partial charge in [0.15, 0.2) is 0 Å². The maximum Gasteiger partial charge on any atom is 0.127 e. The predicted octanol–water partition coefficient (Wildman–Crippen LogP) is 3.70. The summed E-state index contributed by atoms with van der Waals surface area (Å²) in [5.41, 5.74) is 1.10. The van der Waals surface area contributed by atoms with Crippen molar-refractivity contribution in [3.8, 4) is 0 Å². The Morgan fingerprint density at radius 1 is 1.10 bits per heavy atom. The molecule has 0 unspecified atom stereocenters. The van der Waals surface area contributed by atoms with Crippen LogP contribution in [0, 0.1) is 11.6 Å². The molecule has 0 radical (unpaired) electrons. The summed E-state index contributed by atoms with van der Waals surface area (Å²) in [6.07, 6.45) is 0.467. The van der Waals surface area contributed by atoms with Crippen LogP contribution in [-0.4, -0.2) is 13.1 Å². The van der Waals surface area contributed by atoms with Crippen molar-refractivity contribution in [2.24, 2.45) is 0 Å². The quantitative estimate of drug-likeness (QED) is 0.910.